The van der Waals surface area contributed by atoms with Crippen molar-refractivity contribution in [2.24, 2.45) is 35.5 Å². The first-order chi connectivity index (χ1) is 26.4. The average molecular weight is 755 g/mol. The molecule has 0 spiro atoms. The fourth-order valence-electron chi connectivity index (χ4n) is 7.06. The Kier molecular flexibility index (Phi) is 20.6. The summed E-state index contributed by atoms with van der Waals surface area (Å²) in [7, 11) is 0. The third kappa shape index (κ3) is 16.9. The van der Waals surface area contributed by atoms with Gasteiger partial charge in [-0.1, -0.05) is 150 Å². The second-order valence-electron chi connectivity index (χ2n) is 17.5. The molecule has 0 radical (unpaired) electrons. The Morgan fingerprint density at radius 2 is 1.04 bits per heavy atom. The number of fused-ring (bicyclic) bond motifs is 1. The third-order valence-electron chi connectivity index (χ3n) is 10.8. The van der Waals surface area contributed by atoms with Gasteiger partial charge in [-0.25, -0.2) is 4.79 Å². The smallest absolute Gasteiger partial charge is 0.339 e. The first-order valence-electron chi connectivity index (χ1n) is 21.6. The number of benzene rings is 3. The maximum absolute atomic E-state index is 13.6. The van der Waals surface area contributed by atoms with Crippen LogP contribution in [-0.4, -0.2) is 25.8 Å². The average Bonchev–Trinajstić information content (AvgIpc) is 3.13. The lowest BCUT2D eigenvalue weighted by molar-refractivity contribution is 0.0474. The van der Waals surface area contributed by atoms with Gasteiger partial charge in [-0.15, -0.1) is 6.42 Å². The van der Waals surface area contributed by atoms with Gasteiger partial charge < -0.3 is 18.9 Å². The van der Waals surface area contributed by atoms with Gasteiger partial charge in [0.2, 0.25) is 5.75 Å². The van der Waals surface area contributed by atoms with Crippen LogP contribution >= 0.6 is 0 Å². The van der Waals surface area contributed by atoms with E-state index in [4.69, 9.17) is 25.4 Å². The van der Waals surface area contributed by atoms with Gasteiger partial charge in [0.05, 0.1) is 25.4 Å². The predicted octanol–water partition coefficient (Wildman–Crippen LogP) is 13.9. The number of rotatable bonds is 27. The Hall–Kier alpha value is -3.65. The van der Waals surface area contributed by atoms with Crippen molar-refractivity contribution in [1.29, 1.82) is 0 Å². The van der Waals surface area contributed by atoms with E-state index in [1.807, 2.05) is 42.5 Å². The minimum atomic E-state index is -0.401. The number of hydrogen-bond acceptors (Lipinski definition) is 5. The fourth-order valence-corrected chi connectivity index (χ4v) is 7.06. The third-order valence-corrected chi connectivity index (χ3v) is 10.8. The van der Waals surface area contributed by atoms with E-state index in [-0.39, 0.29) is 6.61 Å². The molecule has 0 N–H and O–H groups in total. The number of carbonyl (C=O) groups is 1. The van der Waals surface area contributed by atoms with Gasteiger partial charge in [-0.3, -0.25) is 0 Å². The van der Waals surface area contributed by atoms with Crippen molar-refractivity contribution in [1.82, 2.24) is 0 Å². The van der Waals surface area contributed by atoms with Gasteiger partial charge in [0.15, 0.2) is 11.5 Å². The zero-order valence-corrected chi connectivity index (χ0v) is 36.0. The molecule has 0 unspecified atom stereocenters. The van der Waals surface area contributed by atoms with E-state index < -0.39 is 5.97 Å². The van der Waals surface area contributed by atoms with Crippen molar-refractivity contribution in [3.8, 4) is 29.6 Å². The number of carbonyl (C=O) groups excluding carboxylic acids is 1. The summed E-state index contributed by atoms with van der Waals surface area (Å²) in [6, 6.07) is 15.2. The molecule has 0 aliphatic heterocycles. The van der Waals surface area contributed by atoms with Gasteiger partial charge in [-0.05, 0) is 95.4 Å². The van der Waals surface area contributed by atoms with Crippen molar-refractivity contribution < 1.29 is 23.7 Å². The van der Waals surface area contributed by atoms with Crippen molar-refractivity contribution >= 4 is 16.7 Å². The summed E-state index contributed by atoms with van der Waals surface area (Å²) in [5.74, 6) is 8.14. The van der Waals surface area contributed by atoms with Crippen LogP contribution in [0.1, 0.15) is 161 Å². The van der Waals surface area contributed by atoms with E-state index >= 15 is 0 Å². The lowest BCUT2D eigenvalue weighted by Gasteiger charge is -2.21. The van der Waals surface area contributed by atoms with Crippen LogP contribution in [0.3, 0.4) is 0 Å². The van der Waals surface area contributed by atoms with E-state index in [0.717, 1.165) is 58.9 Å². The normalized spacial score (nSPS) is 13.2. The first kappa shape index (κ1) is 45.7. The quantitative estimate of drug-likeness (QED) is 0.0573. The first-order valence-corrected chi connectivity index (χ1v) is 21.6. The van der Waals surface area contributed by atoms with E-state index in [0.29, 0.717) is 60.4 Å². The molecule has 3 rings (SSSR count). The van der Waals surface area contributed by atoms with Crippen LogP contribution in [0.4, 0.5) is 0 Å². The summed E-state index contributed by atoms with van der Waals surface area (Å²) in [5, 5.41) is 1.64. The summed E-state index contributed by atoms with van der Waals surface area (Å²) in [6.07, 6.45) is 19.7. The molecule has 5 nitrogen and oxygen atoms in total. The molecule has 0 amide bonds. The Labute approximate surface area is 335 Å². The van der Waals surface area contributed by atoms with Crippen molar-refractivity contribution in [2.45, 2.75) is 146 Å². The Morgan fingerprint density at radius 1 is 0.582 bits per heavy atom. The van der Waals surface area contributed by atoms with E-state index in [1.165, 1.54) is 57.8 Å². The molecule has 0 fully saturated rings. The summed E-state index contributed by atoms with van der Waals surface area (Å²) in [6.45, 7) is 22.5. The standard InChI is InChI=1S/C50H74O5/c1-11-43-25-26-46(45-24-13-12-23-44(43)45)50(51)55-35-42-33-47(52-30-27-39(8)20-14-17-36(2)3)49(54-32-29-41(10)22-16-19-38(6)7)48(34-42)53-31-28-40(9)21-15-18-37(4)5/h1,12-13,23-26,33-34,36-41H,14-22,27-32,35H2,2-10H3/t39-,40-,41-/m0/s1. The van der Waals surface area contributed by atoms with Crippen LogP contribution in [0.2, 0.25) is 0 Å². The maximum atomic E-state index is 13.6. The molecule has 3 atom stereocenters. The Bertz CT molecular complexity index is 1550. The van der Waals surface area contributed by atoms with Crippen molar-refractivity contribution in [3.63, 3.8) is 0 Å². The number of hydrogen-bond donors (Lipinski definition) is 0. The second kappa shape index (κ2) is 24.8. The molecule has 3 aromatic rings. The molecular formula is C50H74O5. The largest absolute Gasteiger partial charge is 0.490 e. The van der Waals surface area contributed by atoms with E-state index in [1.54, 1.807) is 6.07 Å². The molecule has 0 aliphatic rings. The molecular weight excluding hydrogens is 681 g/mol. The molecule has 304 valence electrons. The highest BCUT2D eigenvalue weighted by Crippen LogP contribution is 2.40. The Balaban J connectivity index is 1.86. The van der Waals surface area contributed by atoms with Crippen LogP contribution < -0.4 is 14.2 Å². The highest BCUT2D eigenvalue weighted by atomic mass is 16.5. The van der Waals surface area contributed by atoms with Gasteiger partial charge >= 0.3 is 5.97 Å². The number of ether oxygens (including phenoxy) is 4. The highest BCUT2D eigenvalue weighted by Gasteiger charge is 2.20. The minimum absolute atomic E-state index is 0.0706. The van der Waals surface area contributed by atoms with Crippen LogP contribution in [0.15, 0.2) is 48.5 Å². The zero-order valence-electron chi connectivity index (χ0n) is 36.0. The summed E-state index contributed by atoms with van der Waals surface area (Å²) in [4.78, 5) is 13.6. The molecule has 5 heteroatoms. The lowest BCUT2D eigenvalue weighted by atomic mass is 9.97. The van der Waals surface area contributed by atoms with E-state index in [2.05, 4.69) is 68.2 Å². The monoisotopic (exact) mass is 755 g/mol. The fraction of sp³-hybridized carbons (Fsp3) is 0.620. The van der Waals surface area contributed by atoms with E-state index in [9.17, 15) is 4.79 Å². The van der Waals surface area contributed by atoms with Gasteiger partial charge in [0.25, 0.3) is 0 Å². The molecule has 3 aromatic carbocycles. The molecule has 0 saturated heterocycles. The molecule has 0 heterocycles. The maximum Gasteiger partial charge on any atom is 0.339 e. The summed E-state index contributed by atoms with van der Waals surface area (Å²) < 4.78 is 25.7. The SMILES string of the molecule is C#Cc1ccc(C(=O)OCc2cc(OCC[C@@H](C)CCCC(C)C)c(OCC[C@@H](C)CCCC(C)C)c(OCC[C@@H](C)CCCC(C)C)c2)c2ccccc12. The lowest BCUT2D eigenvalue weighted by Crippen LogP contribution is -2.12. The topological polar surface area (TPSA) is 54.0 Å². The molecule has 55 heavy (non-hydrogen) atoms. The predicted molar refractivity (Wildman–Crippen MR) is 231 cm³/mol. The van der Waals surface area contributed by atoms with Crippen LogP contribution in [0.5, 0.6) is 17.2 Å². The molecule has 0 bridgehead atoms. The number of esters is 1. The minimum Gasteiger partial charge on any atom is -0.490 e. The second-order valence-corrected chi connectivity index (χ2v) is 17.5. The van der Waals surface area contributed by atoms with Crippen molar-refractivity contribution in [2.75, 3.05) is 19.8 Å². The van der Waals surface area contributed by atoms with Gasteiger partial charge in [-0.2, -0.15) is 0 Å². The summed E-state index contributed by atoms with van der Waals surface area (Å²) >= 11 is 0. The highest BCUT2D eigenvalue weighted by molar-refractivity contribution is 6.06. The van der Waals surface area contributed by atoms with Gasteiger partial charge in [0.1, 0.15) is 6.61 Å². The molecule has 0 saturated carbocycles. The zero-order chi connectivity index (χ0) is 40.2. The molecule has 0 aromatic heterocycles. The number of terminal acetylenes is 1. The van der Waals surface area contributed by atoms with Gasteiger partial charge in [0, 0.05) is 5.56 Å². The van der Waals surface area contributed by atoms with Crippen LogP contribution in [-0.2, 0) is 11.3 Å². The Morgan fingerprint density at radius 3 is 1.49 bits per heavy atom. The van der Waals surface area contributed by atoms with Crippen molar-refractivity contribution in [3.05, 3.63) is 65.2 Å². The molecule has 0 aliphatic carbocycles. The summed E-state index contributed by atoms with van der Waals surface area (Å²) in [5.41, 5.74) is 2.04. The van der Waals surface area contributed by atoms with Crippen LogP contribution in [0, 0.1) is 47.9 Å². The van der Waals surface area contributed by atoms with Crippen LogP contribution in [0.25, 0.3) is 10.8 Å².